The van der Waals surface area contributed by atoms with Gasteiger partial charge in [0.25, 0.3) is 0 Å². The molecule has 0 fully saturated rings. The highest BCUT2D eigenvalue weighted by atomic mass is 16.5. The van der Waals surface area contributed by atoms with E-state index in [0.29, 0.717) is 37.7 Å². The van der Waals surface area contributed by atoms with Gasteiger partial charge in [-0.2, -0.15) is 0 Å². The number of nitrogens with zero attached hydrogens (tertiary/aromatic N) is 1. The molecule has 1 aromatic carbocycles. The first-order valence-electron chi connectivity index (χ1n) is 7.98. The average molecular weight is 329 g/mol. The molecule has 24 heavy (non-hydrogen) atoms. The number of nitrogens with one attached hydrogen (secondary N) is 2. The molecule has 0 atom stereocenters. The van der Waals surface area contributed by atoms with E-state index < -0.39 is 0 Å². The molecule has 2 rings (SSSR count). The van der Waals surface area contributed by atoms with Gasteiger partial charge in [0, 0.05) is 31.8 Å². The van der Waals surface area contributed by atoms with E-state index in [1.165, 1.54) is 0 Å². The van der Waals surface area contributed by atoms with Crippen molar-refractivity contribution in [1.82, 2.24) is 15.6 Å². The highest BCUT2D eigenvalue weighted by molar-refractivity contribution is 5.76. The van der Waals surface area contributed by atoms with Crippen LogP contribution in [0.1, 0.15) is 18.9 Å². The summed E-state index contributed by atoms with van der Waals surface area (Å²) in [5.41, 5.74) is 0.934. The first-order valence-corrected chi connectivity index (χ1v) is 7.98. The third kappa shape index (κ3) is 5.89. The molecule has 1 aromatic heterocycles. The van der Waals surface area contributed by atoms with Crippen LogP contribution in [-0.2, 0) is 11.3 Å². The lowest BCUT2D eigenvalue weighted by atomic mass is 10.2. The molecule has 6 nitrogen and oxygen atoms in total. The molecule has 0 bridgehead atoms. The van der Waals surface area contributed by atoms with E-state index in [1.807, 2.05) is 50.4 Å². The minimum Gasteiger partial charge on any atom is -0.494 e. The SMILES string of the molecule is CCOc1ccc(Oc2cc(CNC(=O)CCNC)ccn2)cc1. The second kappa shape index (κ2) is 9.52. The summed E-state index contributed by atoms with van der Waals surface area (Å²) in [6, 6.07) is 11.0. The van der Waals surface area contributed by atoms with Crippen LogP contribution >= 0.6 is 0 Å². The maximum Gasteiger partial charge on any atom is 0.221 e. The Labute approximate surface area is 142 Å². The molecule has 0 radical (unpaired) electrons. The Hall–Kier alpha value is -2.60. The van der Waals surface area contributed by atoms with Gasteiger partial charge in [0.1, 0.15) is 11.5 Å². The van der Waals surface area contributed by atoms with Gasteiger partial charge in [-0.25, -0.2) is 4.98 Å². The Morgan fingerprint density at radius 3 is 2.62 bits per heavy atom. The Kier molecular flexibility index (Phi) is 7.04. The van der Waals surface area contributed by atoms with E-state index in [9.17, 15) is 4.79 Å². The van der Waals surface area contributed by atoms with Crippen LogP contribution in [0, 0.1) is 0 Å². The average Bonchev–Trinajstić information content (AvgIpc) is 2.60. The van der Waals surface area contributed by atoms with E-state index in [-0.39, 0.29) is 5.91 Å². The highest BCUT2D eigenvalue weighted by Crippen LogP contribution is 2.23. The number of hydrogen-bond donors (Lipinski definition) is 2. The van der Waals surface area contributed by atoms with Crippen LogP contribution in [0.4, 0.5) is 0 Å². The van der Waals surface area contributed by atoms with E-state index in [0.717, 1.165) is 11.3 Å². The fourth-order valence-electron chi connectivity index (χ4n) is 2.04. The Morgan fingerprint density at radius 1 is 1.17 bits per heavy atom. The van der Waals surface area contributed by atoms with Crippen LogP contribution in [0.5, 0.6) is 17.4 Å². The van der Waals surface area contributed by atoms with Gasteiger partial charge in [-0.15, -0.1) is 0 Å². The van der Waals surface area contributed by atoms with Crippen molar-refractivity contribution in [2.75, 3.05) is 20.2 Å². The lowest BCUT2D eigenvalue weighted by molar-refractivity contribution is -0.121. The van der Waals surface area contributed by atoms with Gasteiger partial charge in [0.2, 0.25) is 11.8 Å². The zero-order valence-electron chi connectivity index (χ0n) is 14.0. The summed E-state index contributed by atoms with van der Waals surface area (Å²) in [7, 11) is 1.82. The lowest BCUT2D eigenvalue weighted by Crippen LogP contribution is -2.26. The molecule has 0 aliphatic heterocycles. The molecule has 0 saturated heterocycles. The molecule has 0 aliphatic carbocycles. The number of ether oxygens (including phenoxy) is 2. The molecule has 0 spiro atoms. The number of hydrogen-bond acceptors (Lipinski definition) is 5. The van der Waals surface area contributed by atoms with E-state index >= 15 is 0 Å². The van der Waals surface area contributed by atoms with Gasteiger partial charge < -0.3 is 20.1 Å². The van der Waals surface area contributed by atoms with Crippen LogP contribution in [-0.4, -0.2) is 31.1 Å². The predicted molar refractivity (Wildman–Crippen MR) is 92.3 cm³/mol. The van der Waals surface area contributed by atoms with Gasteiger partial charge in [-0.1, -0.05) is 0 Å². The monoisotopic (exact) mass is 329 g/mol. The summed E-state index contributed by atoms with van der Waals surface area (Å²) >= 11 is 0. The first-order chi connectivity index (χ1) is 11.7. The van der Waals surface area contributed by atoms with Crippen LogP contribution in [0.25, 0.3) is 0 Å². The second-order valence-corrected chi connectivity index (χ2v) is 5.14. The molecule has 0 aliphatic rings. The van der Waals surface area contributed by atoms with Crippen molar-refractivity contribution in [1.29, 1.82) is 0 Å². The molecule has 2 aromatic rings. The van der Waals surface area contributed by atoms with Crippen molar-refractivity contribution in [3.05, 3.63) is 48.2 Å². The fraction of sp³-hybridized carbons (Fsp3) is 0.333. The minimum atomic E-state index is 0.00939. The van der Waals surface area contributed by atoms with Crippen molar-refractivity contribution in [3.8, 4) is 17.4 Å². The second-order valence-electron chi connectivity index (χ2n) is 5.14. The van der Waals surface area contributed by atoms with Gasteiger partial charge >= 0.3 is 0 Å². The Morgan fingerprint density at radius 2 is 1.92 bits per heavy atom. The van der Waals surface area contributed by atoms with Gasteiger partial charge in [0.15, 0.2) is 0 Å². The number of benzene rings is 1. The number of carbonyl (C=O) groups is 1. The standard InChI is InChI=1S/C18H23N3O3/c1-3-23-15-4-6-16(7-5-15)24-18-12-14(8-11-20-18)13-21-17(22)9-10-19-2/h4-8,11-12,19H,3,9-10,13H2,1-2H3,(H,21,22). The lowest BCUT2D eigenvalue weighted by Gasteiger charge is -2.09. The molecule has 128 valence electrons. The molecule has 0 saturated carbocycles. The number of amides is 1. The smallest absolute Gasteiger partial charge is 0.221 e. The normalized spacial score (nSPS) is 10.2. The van der Waals surface area contributed by atoms with E-state index in [2.05, 4.69) is 15.6 Å². The molecule has 6 heteroatoms. The number of aromatic nitrogens is 1. The third-order valence-electron chi connectivity index (χ3n) is 3.25. The molecule has 2 N–H and O–H groups in total. The predicted octanol–water partition coefficient (Wildman–Crippen LogP) is 2.50. The maximum absolute atomic E-state index is 11.6. The van der Waals surface area contributed by atoms with Crippen molar-refractivity contribution in [2.24, 2.45) is 0 Å². The summed E-state index contributed by atoms with van der Waals surface area (Å²) in [4.78, 5) is 15.8. The van der Waals surface area contributed by atoms with Gasteiger partial charge in [0.05, 0.1) is 6.61 Å². The minimum absolute atomic E-state index is 0.00939. The van der Waals surface area contributed by atoms with Crippen LogP contribution in [0.3, 0.4) is 0 Å². The van der Waals surface area contributed by atoms with Crippen LogP contribution in [0.2, 0.25) is 0 Å². The number of carbonyl (C=O) groups excluding carboxylic acids is 1. The van der Waals surface area contributed by atoms with Crippen molar-refractivity contribution in [2.45, 2.75) is 19.9 Å². The maximum atomic E-state index is 11.6. The van der Waals surface area contributed by atoms with Gasteiger partial charge in [-0.3, -0.25) is 4.79 Å². The number of rotatable bonds is 9. The fourth-order valence-corrected chi connectivity index (χ4v) is 2.04. The van der Waals surface area contributed by atoms with E-state index in [1.54, 1.807) is 6.20 Å². The first kappa shape index (κ1) is 17.7. The number of pyridine rings is 1. The summed E-state index contributed by atoms with van der Waals surface area (Å²) in [5.74, 6) is 1.98. The van der Waals surface area contributed by atoms with Crippen LogP contribution in [0.15, 0.2) is 42.6 Å². The molecule has 1 amide bonds. The van der Waals surface area contributed by atoms with Crippen LogP contribution < -0.4 is 20.1 Å². The Bertz CT molecular complexity index is 644. The van der Waals surface area contributed by atoms with Crippen molar-refractivity contribution >= 4 is 5.91 Å². The zero-order chi connectivity index (χ0) is 17.2. The summed E-state index contributed by atoms with van der Waals surface area (Å²) < 4.78 is 11.1. The molecule has 0 unspecified atom stereocenters. The summed E-state index contributed by atoms with van der Waals surface area (Å²) in [6.45, 7) is 3.68. The topological polar surface area (TPSA) is 72.5 Å². The molecule has 1 heterocycles. The summed E-state index contributed by atoms with van der Waals surface area (Å²) in [5, 5.41) is 5.81. The van der Waals surface area contributed by atoms with Crippen molar-refractivity contribution < 1.29 is 14.3 Å². The highest BCUT2D eigenvalue weighted by Gasteiger charge is 2.04. The van der Waals surface area contributed by atoms with Gasteiger partial charge in [-0.05, 0) is 49.9 Å². The third-order valence-corrected chi connectivity index (χ3v) is 3.25. The zero-order valence-corrected chi connectivity index (χ0v) is 14.0. The molecular formula is C18H23N3O3. The quantitative estimate of drug-likeness (QED) is 0.739. The van der Waals surface area contributed by atoms with Crippen molar-refractivity contribution in [3.63, 3.8) is 0 Å². The Balaban J connectivity index is 1.91. The largest absolute Gasteiger partial charge is 0.494 e. The van der Waals surface area contributed by atoms with E-state index in [4.69, 9.17) is 9.47 Å². The molecular weight excluding hydrogens is 306 g/mol. The summed E-state index contributed by atoms with van der Waals surface area (Å²) in [6.07, 6.45) is 2.12.